The maximum atomic E-state index is 13.3. The van der Waals surface area contributed by atoms with Crippen molar-refractivity contribution >= 4 is 39.1 Å². The van der Waals surface area contributed by atoms with E-state index in [2.05, 4.69) is 5.32 Å². The minimum absolute atomic E-state index is 0.333. The number of carbonyl (C=O) groups excluding carboxylic acids is 1. The van der Waals surface area contributed by atoms with Gasteiger partial charge in [0.05, 0.1) is 17.6 Å². The third-order valence-electron chi connectivity index (χ3n) is 5.19. The van der Waals surface area contributed by atoms with Crippen LogP contribution >= 0.6 is 11.8 Å². The predicted molar refractivity (Wildman–Crippen MR) is 133 cm³/mol. The molecule has 0 aliphatic carbocycles. The molecule has 1 atom stereocenters. The minimum Gasteiger partial charge on any atom is -0.323 e. The van der Waals surface area contributed by atoms with Gasteiger partial charge in [0, 0.05) is 9.79 Å². The van der Waals surface area contributed by atoms with Crippen molar-refractivity contribution in [1.29, 1.82) is 0 Å². The highest BCUT2D eigenvalue weighted by molar-refractivity contribution is 7.99. The standard InChI is InChI=1S/C25H28N2O3S2/c1-5-23(27(32(4,29)30)20-16-15-18(2)19(3)17-20)25(28)26-22-13-9-10-14-24(22)31-21-11-7-6-8-12-21/h6-17,23H,5H2,1-4H3,(H,26,28)/t23-/m0/s1. The summed E-state index contributed by atoms with van der Waals surface area (Å²) in [6.45, 7) is 5.71. The Hall–Kier alpha value is -2.77. The van der Waals surface area contributed by atoms with Gasteiger partial charge in [-0.05, 0) is 67.8 Å². The molecule has 0 aliphatic rings. The molecule has 168 valence electrons. The summed E-state index contributed by atoms with van der Waals surface area (Å²) in [5.41, 5.74) is 3.17. The Morgan fingerprint density at radius 1 is 0.969 bits per heavy atom. The van der Waals surface area contributed by atoms with Gasteiger partial charge in [-0.3, -0.25) is 9.10 Å². The lowest BCUT2D eigenvalue weighted by Gasteiger charge is -2.30. The van der Waals surface area contributed by atoms with Crippen LogP contribution in [0.1, 0.15) is 24.5 Å². The topological polar surface area (TPSA) is 66.5 Å². The first-order valence-corrected chi connectivity index (χ1v) is 13.1. The number of hydrogen-bond acceptors (Lipinski definition) is 4. The summed E-state index contributed by atoms with van der Waals surface area (Å²) in [4.78, 5) is 15.3. The van der Waals surface area contributed by atoms with E-state index in [1.807, 2.05) is 87.5 Å². The maximum absolute atomic E-state index is 13.3. The molecule has 3 aromatic carbocycles. The molecule has 32 heavy (non-hydrogen) atoms. The van der Waals surface area contributed by atoms with Gasteiger partial charge in [0.2, 0.25) is 15.9 Å². The number of anilines is 2. The van der Waals surface area contributed by atoms with E-state index in [-0.39, 0.29) is 5.91 Å². The summed E-state index contributed by atoms with van der Waals surface area (Å²) in [5, 5.41) is 2.96. The van der Waals surface area contributed by atoms with Crippen LogP contribution in [-0.2, 0) is 14.8 Å². The Morgan fingerprint density at radius 2 is 1.62 bits per heavy atom. The summed E-state index contributed by atoms with van der Waals surface area (Å²) in [6, 6.07) is 22.0. The van der Waals surface area contributed by atoms with E-state index in [0.29, 0.717) is 17.8 Å². The number of benzene rings is 3. The molecule has 0 spiro atoms. The highest BCUT2D eigenvalue weighted by Gasteiger charge is 2.32. The summed E-state index contributed by atoms with van der Waals surface area (Å²) < 4.78 is 26.7. The van der Waals surface area contributed by atoms with Gasteiger partial charge in [-0.2, -0.15) is 0 Å². The monoisotopic (exact) mass is 468 g/mol. The zero-order chi connectivity index (χ0) is 23.3. The molecule has 0 fully saturated rings. The van der Waals surface area contributed by atoms with Crippen molar-refractivity contribution in [2.75, 3.05) is 15.9 Å². The van der Waals surface area contributed by atoms with E-state index in [0.717, 1.165) is 27.2 Å². The molecule has 0 heterocycles. The molecule has 5 nitrogen and oxygen atoms in total. The molecular weight excluding hydrogens is 440 g/mol. The molecule has 1 N–H and O–H groups in total. The number of para-hydroxylation sites is 1. The number of nitrogens with one attached hydrogen (secondary N) is 1. The first kappa shape index (κ1) is 23.9. The van der Waals surface area contributed by atoms with Gasteiger partial charge in [0.15, 0.2) is 0 Å². The highest BCUT2D eigenvalue weighted by Crippen LogP contribution is 2.34. The molecule has 3 rings (SSSR count). The molecule has 3 aromatic rings. The molecule has 0 saturated heterocycles. The number of hydrogen-bond donors (Lipinski definition) is 1. The molecule has 0 aromatic heterocycles. The van der Waals surface area contributed by atoms with E-state index >= 15 is 0 Å². The van der Waals surface area contributed by atoms with Crippen LogP contribution in [-0.4, -0.2) is 26.6 Å². The fourth-order valence-corrected chi connectivity index (χ4v) is 5.54. The number of nitrogens with zero attached hydrogens (tertiary/aromatic N) is 1. The van der Waals surface area contributed by atoms with Crippen LogP contribution in [0.3, 0.4) is 0 Å². The normalized spacial score (nSPS) is 12.2. The summed E-state index contributed by atoms with van der Waals surface area (Å²) in [5.74, 6) is -0.364. The van der Waals surface area contributed by atoms with Crippen molar-refractivity contribution < 1.29 is 13.2 Å². The first-order chi connectivity index (χ1) is 15.2. The zero-order valence-electron chi connectivity index (χ0n) is 18.7. The van der Waals surface area contributed by atoms with Crippen molar-refractivity contribution in [2.45, 2.75) is 43.0 Å². The van der Waals surface area contributed by atoms with E-state index in [1.165, 1.54) is 4.31 Å². The van der Waals surface area contributed by atoms with E-state index in [9.17, 15) is 13.2 Å². The van der Waals surface area contributed by atoms with Crippen LogP contribution in [0.5, 0.6) is 0 Å². The van der Waals surface area contributed by atoms with Gasteiger partial charge in [-0.1, -0.05) is 55.1 Å². The lowest BCUT2D eigenvalue weighted by molar-refractivity contribution is -0.117. The minimum atomic E-state index is -3.69. The molecule has 7 heteroatoms. The SMILES string of the molecule is CC[C@@H](C(=O)Nc1ccccc1Sc1ccccc1)N(c1ccc(C)c(C)c1)S(C)(=O)=O. The van der Waals surface area contributed by atoms with Gasteiger partial charge in [0.25, 0.3) is 0 Å². The Morgan fingerprint density at radius 3 is 2.25 bits per heavy atom. The summed E-state index contributed by atoms with van der Waals surface area (Å²) >= 11 is 1.54. The molecule has 0 unspecified atom stereocenters. The third-order valence-corrected chi connectivity index (χ3v) is 7.45. The molecule has 0 radical (unpaired) electrons. The molecule has 0 bridgehead atoms. The molecule has 0 saturated carbocycles. The third kappa shape index (κ3) is 5.72. The van der Waals surface area contributed by atoms with Crippen molar-refractivity contribution in [2.24, 2.45) is 0 Å². The van der Waals surface area contributed by atoms with Crippen molar-refractivity contribution in [1.82, 2.24) is 0 Å². The summed E-state index contributed by atoms with van der Waals surface area (Å²) in [7, 11) is -3.69. The fourth-order valence-electron chi connectivity index (χ4n) is 3.41. The van der Waals surface area contributed by atoms with Crippen LogP contribution in [0.15, 0.2) is 82.6 Å². The van der Waals surface area contributed by atoms with Crippen LogP contribution < -0.4 is 9.62 Å². The first-order valence-electron chi connectivity index (χ1n) is 10.4. The van der Waals surface area contributed by atoms with Gasteiger partial charge in [0.1, 0.15) is 6.04 Å². The van der Waals surface area contributed by atoms with Crippen molar-refractivity contribution in [3.05, 3.63) is 83.9 Å². The average molecular weight is 469 g/mol. The van der Waals surface area contributed by atoms with E-state index in [4.69, 9.17) is 0 Å². The van der Waals surface area contributed by atoms with Gasteiger partial charge >= 0.3 is 0 Å². The lowest BCUT2D eigenvalue weighted by atomic mass is 10.1. The van der Waals surface area contributed by atoms with Crippen LogP contribution in [0, 0.1) is 13.8 Å². The van der Waals surface area contributed by atoms with Gasteiger partial charge in [-0.15, -0.1) is 0 Å². The number of amides is 1. The number of rotatable bonds is 8. The fraction of sp³-hybridized carbons (Fsp3) is 0.240. The second-order valence-corrected chi connectivity index (χ2v) is 10.6. The Bertz CT molecular complexity index is 1190. The van der Waals surface area contributed by atoms with Gasteiger partial charge in [-0.25, -0.2) is 8.42 Å². The highest BCUT2D eigenvalue weighted by atomic mass is 32.2. The second kappa shape index (κ2) is 10.2. The van der Waals surface area contributed by atoms with Crippen LogP contribution in [0.2, 0.25) is 0 Å². The average Bonchev–Trinajstić information content (AvgIpc) is 2.75. The van der Waals surface area contributed by atoms with Gasteiger partial charge < -0.3 is 5.32 Å². The lowest BCUT2D eigenvalue weighted by Crippen LogP contribution is -2.47. The van der Waals surface area contributed by atoms with E-state index in [1.54, 1.807) is 17.8 Å². The van der Waals surface area contributed by atoms with Crippen LogP contribution in [0.25, 0.3) is 0 Å². The quantitative estimate of drug-likeness (QED) is 0.465. The zero-order valence-corrected chi connectivity index (χ0v) is 20.3. The number of aryl methyl sites for hydroxylation is 2. The smallest absolute Gasteiger partial charge is 0.248 e. The molecular formula is C25H28N2O3S2. The van der Waals surface area contributed by atoms with Crippen molar-refractivity contribution in [3.8, 4) is 0 Å². The largest absolute Gasteiger partial charge is 0.323 e. The Balaban J connectivity index is 1.92. The summed E-state index contributed by atoms with van der Waals surface area (Å²) in [6.07, 6.45) is 1.47. The van der Waals surface area contributed by atoms with Crippen LogP contribution in [0.4, 0.5) is 11.4 Å². The molecule has 0 aliphatic heterocycles. The molecule has 1 amide bonds. The number of sulfonamides is 1. The second-order valence-electron chi connectivity index (χ2n) is 7.65. The maximum Gasteiger partial charge on any atom is 0.248 e. The number of carbonyl (C=O) groups is 1. The van der Waals surface area contributed by atoms with E-state index < -0.39 is 16.1 Å². The predicted octanol–water partition coefficient (Wildman–Crippen LogP) is 5.64. The Labute approximate surface area is 194 Å². The van der Waals surface area contributed by atoms with Crippen molar-refractivity contribution in [3.63, 3.8) is 0 Å². The Kier molecular flexibility index (Phi) is 7.64.